The average Bonchev–Trinajstić information content (AvgIpc) is 3.53. The number of amides is 1. The van der Waals surface area contributed by atoms with Crippen molar-refractivity contribution in [3.05, 3.63) is 46.3 Å². The first kappa shape index (κ1) is 17.8. The third-order valence-corrected chi connectivity index (χ3v) is 4.85. The summed E-state index contributed by atoms with van der Waals surface area (Å²) >= 11 is 1.52. The standard InChI is InChI=1S/C17H12N8O4S/c18-15-16(23-29-22-15)25-14(10-1-2-11-12(5-10)28-8-27-11)13(20-24-25)17(26)21-19-6-9-3-4-30-7-9/h1-7H,8H2,(H2,18,22)(H,21,26)/b19-6+. The predicted molar refractivity (Wildman–Crippen MR) is 105 cm³/mol. The Hall–Kier alpha value is -4.26. The van der Waals surface area contributed by atoms with Crippen LogP contribution in [0.4, 0.5) is 5.82 Å². The maximum absolute atomic E-state index is 12.8. The van der Waals surface area contributed by atoms with Crippen LogP contribution >= 0.6 is 11.3 Å². The van der Waals surface area contributed by atoms with E-state index in [4.69, 9.17) is 15.2 Å². The molecule has 1 amide bonds. The quantitative estimate of drug-likeness (QED) is 0.357. The normalized spacial score (nSPS) is 12.5. The lowest BCUT2D eigenvalue weighted by Gasteiger charge is -2.06. The number of fused-ring (bicyclic) bond motifs is 1. The molecule has 3 aromatic heterocycles. The van der Waals surface area contributed by atoms with Gasteiger partial charge in [0.05, 0.1) is 6.21 Å². The Bertz CT molecular complexity index is 1250. The van der Waals surface area contributed by atoms with Crippen LogP contribution in [0.1, 0.15) is 16.1 Å². The Balaban J connectivity index is 1.55. The lowest BCUT2D eigenvalue weighted by Crippen LogP contribution is -2.19. The molecule has 0 spiro atoms. The molecule has 0 bridgehead atoms. The minimum Gasteiger partial charge on any atom is -0.454 e. The fourth-order valence-electron chi connectivity index (χ4n) is 2.79. The third kappa shape index (κ3) is 3.12. The summed E-state index contributed by atoms with van der Waals surface area (Å²) in [5, 5.41) is 23.1. The van der Waals surface area contributed by atoms with Crippen LogP contribution in [0, 0.1) is 0 Å². The molecular formula is C17H12N8O4S. The molecule has 0 radical (unpaired) electrons. The van der Waals surface area contributed by atoms with Crippen molar-refractivity contribution in [1.82, 2.24) is 30.7 Å². The monoisotopic (exact) mass is 424 g/mol. The summed E-state index contributed by atoms with van der Waals surface area (Å²) in [6, 6.07) is 7.02. The molecule has 0 unspecified atom stereocenters. The molecule has 0 atom stereocenters. The van der Waals surface area contributed by atoms with Gasteiger partial charge < -0.3 is 15.2 Å². The second kappa shape index (κ2) is 7.29. The van der Waals surface area contributed by atoms with E-state index < -0.39 is 5.91 Å². The maximum Gasteiger partial charge on any atom is 0.294 e. The van der Waals surface area contributed by atoms with Crippen molar-refractivity contribution in [2.75, 3.05) is 12.5 Å². The zero-order chi connectivity index (χ0) is 20.5. The molecule has 4 heterocycles. The van der Waals surface area contributed by atoms with Crippen LogP contribution in [-0.4, -0.2) is 44.2 Å². The first-order valence-corrected chi connectivity index (χ1v) is 9.44. The summed E-state index contributed by atoms with van der Waals surface area (Å²) in [4.78, 5) is 12.8. The van der Waals surface area contributed by atoms with Crippen molar-refractivity contribution in [2.45, 2.75) is 0 Å². The van der Waals surface area contributed by atoms with Crippen molar-refractivity contribution >= 4 is 29.3 Å². The number of hydrazone groups is 1. The molecule has 0 aliphatic carbocycles. The highest BCUT2D eigenvalue weighted by molar-refractivity contribution is 7.08. The highest BCUT2D eigenvalue weighted by Crippen LogP contribution is 2.37. The number of nitrogen functional groups attached to an aromatic ring is 1. The van der Waals surface area contributed by atoms with Gasteiger partial charge in [0.25, 0.3) is 5.91 Å². The molecule has 5 rings (SSSR count). The minimum atomic E-state index is -0.574. The summed E-state index contributed by atoms with van der Waals surface area (Å²) in [5.74, 6) is 0.621. The Labute approximate surface area is 171 Å². The van der Waals surface area contributed by atoms with Gasteiger partial charge in [-0.2, -0.15) is 21.1 Å². The van der Waals surface area contributed by atoms with E-state index in [-0.39, 0.29) is 24.1 Å². The molecule has 4 aromatic rings. The highest BCUT2D eigenvalue weighted by atomic mass is 32.1. The number of thiophene rings is 1. The number of aromatic nitrogens is 5. The lowest BCUT2D eigenvalue weighted by atomic mass is 10.1. The summed E-state index contributed by atoms with van der Waals surface area (Å²) in [6.45, 7) is 0.112. The summed E-state index contributed by atoms with van der Waals surface area (Å²) in [5.41, 5.74) is 9.99. The van der Waals surface area contributed by atoms with Crippen molar-refractivity contribution in [1.29, 1.82) is 0 Å². The van der Waals surface area contributed by atoms with Crippen molar-refractivity contribution in [2.24, 2.45) is 5.10 Å². The first-order valence-electron chi connectivity index (χ1n) is 8.50. The molecule has 3 N–H and O–H groups in total. The van der Waals surface area contributed by atoms with Gasteiger partial charge in [0.2, 0.25) is 18.4 Å². The summed E-state index contributed by atoms with van der Waals surface area (Å²) < 4.78 is 16.7. The number of hydrogen-bond acceptors (Lipinski definition) is 11. The predicted octanol–water partition coefficient (Wildman–Crippen LogP) is 1.45. The van der Waals surface area contributed by atoms with Gasteiger partial charge in [0.1, 0.15) is 5.69 Å². The zero-order valence-electron chi connectivity index (χ0n) is 15.1. The van der Waals surface area contributed by atoms with Crippen LogP contribution in [0.5, 0.6) is 11.5 Å². The van der Waals surface area contributed by atoms with E-state index in [1.807, 2.05) is 16.8 Å². The van der Waals surface area contributed by atoms with Crippen molar-refractivity contribution in [3.63, 3.8) is 0 Å². The molecule has 13 heteroatoms. The lowest BCUT2D eigenvalue weighted by molar-refractivity contribution is 0.0950. The van der Waals surface area contributed by atoms with Crippen LogP contribution < -0.4 is 20.6 Å². The van der Waals surface area contributed by atoms with Crippen LogP contribution in [0.25, 0.3) is 17.1 Å². The van der Waals surface area contributed by atoms with E-state index >= 15 is 0 Å². The number of hydrogen-bond donors (Lipinski definition) is 2. The number of nitrogens with two attached hydrogens (primary N) is 1. The molecule has 30 heavy (non-hydrogen) atoms. The second-order valence-corrected chi connectivity index (χ2v) is 6.78. The molecule has 0 saturated heterocycles. The van der Waals surface area contributed by atoms with E-state index in [2.05, 4.69) is 35.8 Å². The van der Waals surface area contributed by atoms with E-state index in [9.17, 15) is 4.79 Å². The fourth-order valence-corrected chi connectivity index (χ4v) is 3.40. The molecule has 12 nitrogen and oxygen atoms in total. The molecule has 0 fully saturated rings. The SMILES string of the molecule is Nc1nonc1-n1nnc(C(=O)N/N=C/c2ccsc2)c1-c1ccc2c(c1)OCO2. The van der Waals surface area contributed by atoms with Gasteiger partial charge in [-0.25, -0.2) is 10.1 Å². The smallest absolute Gasteiger partial charge is 0.294 e. The van der Waals surface area contributed by atoms with Gasteiger partial charge in [-0.15, -0.1) is 5.10 Å². The van der Waals surface area contributed by atoms with Crippen LogP contribution in [0.15, 0.2) is 44.8 Å². The molecule has 1 aliphatic heterocycles. The van der Waals surface area contributed by atoms with Gasteiger partial charge in [-0.3, -0.25) is 4.79 Å². The van der Waals surface area contributed by atoms with Gasteiger partial charge in [0, 0.05) is 11.1 Å². The van der Waals surface area contributed by atoms with E-state index in [1.165, 1.54) is 22.2 Å². The van der Waals surface area contributed by atoms with E-state index in [0.717, 1.165) is 5.56 Å². The molecule has 150 valence electrons. The molecule has 1 aliphatic rings. The summed E-state index contributed by atoms with van der Waals surface area (Å²) in [6.07, 6.45) is 1.53. The van der Waals surface area contributed by atoms with E-state index in [1.54, 1.807) is 18.2 Å². The number of rotatable bonds is 5. The number of nitrogens with one attached hydrogen (secondary N) is 1. The Morgan fingerprint density at radius 1 is 1.27 bits per heavy atom. The van der Waals surface area contributed by atoms with Crippen LogP contribution in [0.2, 0.25) is 0 Å². The second-order valence-electron chi connectivity index (χ2n) is 6.00. The number of carbonyl (C=O) groups excluding carboxylic acids is 1. The highest BCUT2D eigenvalue weighted by Gasteiger charge is 2.26. The minimum absolute atomic E-state index is 0.00117. The average molecular weight is 424 g/mol. The Morgan fingerprint density at radius 3 is 2.97 bits per heavy atom. The Morgan fingerprint density at radius 2 is 2.17 bits per heavy atom. The number of anilines is 1. The maximum atomic E-state index is 12.8. The Kier molecular flexibility index (Phi) is 4.33. The summed E-state index contributed by atoms with van der Waals surface area (Å²) in [7, 11) is 0. The van der Waals surface area contributed by atoms with E-state index in [0.29, 0.717) is 22.8 Å². The van der Waals surface area contributed by atoms with Crippen molar-refractivity contribution in [3.8, 4) is 28.6 Å². The van der Waals surface area contributed by atoms with Gasteiger partial charge in [0.15, 0.2) is 17.2 Å². The number of carbonyl (C=O) groups is 1. The molecular weight excluding hydrogens is 412 g/mol. The van der Waals surface area contributed by atoms with Gasteiger partial charge in [-0.05, 0) is 45.3 Å². The number of benzene rings is 1. The van der Waals surface area contributed by atoms with Crippen LogP contribution in [-0.2, 0) is 0 Å². The fraction of sp³-hybridized carbons (Fsp3) is 0.0588. The van der Waals surface area contributed by atoms with Gasteiger partial charge >= 0.3 is 0 Å². The molecule has 0 saturated carbocycles. The third-order valence-electron chi connectivity index (χ3n) is 4.15. The largest absolute Gasteiger partial charge is 0.454 e. The zero-order valence-corrected chi connectivity index (χ0v) is 15.9. The topological polar surface area (TPSA) is 156 Å². The first-order chi connectivity index (χ1) is 14.7. The van der Waals surface area contributed by atoms with Crippen LogP contribution in [0.3, 0.4) is 0 Å². The number of nitrogens with zero attached hydrogens (tertiary/aromatic N) is 6. The molecule has 1 aromatic carbocycles. The van der Waals surface area contributed by atoms with Crippen molar-refractivity contribution < 1.29 is 18.9 Å². The number of ether oxygens (including phenoxy) is 2. The van der Waals surface area contributed by atoms with Gasteiger partial charge in [-0.1, -0.05) is 5.21 Å².